The summed E-state index contributed by atoms with van der Waals surface area (Å²) in [5, 5.41) is 10.5. The van der Waals surface area contributed by atoms with Gasteiger partial charge in [0.1, 0.15) is 24.3 Å². The lowest BCUT2D eigenvalue weighted by Gasteiger charge is -2.27. The van der Waals surface area contributed by atoms with Crippen LogP contribution in [0.4, 0.5) is 11.4 Å². The molecule has 4 N–H and O–H groups in total. The predicted octanol–water partition coefficient (Wildman–Crippen LogP) is 4.70. The number of nitrogens with zero attached hydrogens (tertiary/aromatic N) is 3. The van der Waals surface area contributed by atoms with E-state index in [-0.39, 0.29) is 11.8 Å². The molecule has 0 atom stereocenters. The lowest BCUT2D eigenvalue weighted by Crippen LogP contribution is -2.46. The van der Waals surface area contributed by atoms with Crippen molar-refractivity contribution in [2.24, 2.45) is 0 Å². The lowest BCUT2D eigenvalue weighted by atomic mass is 10.0. The summed E-state index contributed by atoms with van der Waals surface area (Å²) in [5.74, 6) is 0.600. The summed E-state index contributed by atoms with van der Waals surface area (Å²) in [7, 11) is 0. The molecule has 10 nitrogen and oxygen atoms in total. The predicted molar refractivity (Wildman–Crippen MR) is 167 cm³/mol. The van der Waals surface area contributed by atoms with Crippen LogP contribution in [0, 0.1) is 6.92 Å². The number of carbonyl (C=O) groups excluding carboxylic acids is 2. The summed E-state index contributed by atoms with van der Waals surface area (Å²) in [5.41, 5.74) is 7.84. The number of rotatable bonds is 5. The van der Waals surface area contributed by atoms with Crippen LogP contribution >= 0.6 is 0 Å². The summed E-state index contributed by atoms with van der Waals surface area (Å²) in [4.78, 5) is 40.5. The highest BCUT2D eigenvalue weighted by Crippen LogP contribution is 2.34. The van der Waals surface area contributed by atoms with E-state index in [1.165, 1.54) is 0 Å². The number of H-pyrrole nitrogens is 1. The molecule has 0 saturated carbocycles. The zero-order valence-electron chi connectivity index (χ0n) is 23.7. The van der Waals surface area contributed by atoms with Crippen molar-refractivity contribution in [1.29, 1.82) is 0 Å². The van der Waals surface area contributed by atoms with Crippen LogP contribution in [0.2, 0.25) is 0 Å². The monoisotopic (exact) mass is 573 g/mol. The summed E-state index contributed by atoms with van der Waals surface area (Å²) in [6, 6.07) is 20.9. The van der Waals surface area contributed by atoms with Crippen LogP contribution in [-0.2, 0) is 0 Å². The molecule has 1 fully saturated rings. The molecular weight excluding hydrogens is 542 g/mol. The highest BCUT2D eigenvalue weighted by atomic mass is 16.5. The molecule has 0 radical (unpaired) electrons. The molecule has 2 aliphatic heterocycles. The number of aromatic nitrogens is 3. The van der Waals surface area contributed by atoms with E-state index >= 15 is 0 Å². The Bertz CT molecular complexity index is 1840. The number of fused-ring (bicyclic) bond motifs is 2. The van der Waals surface area contributed by atoms with Crippen molar-refractivity contribution in [3.05, 3.63) is 89.7 Å². The average molecular weight is 574 g/mol. The maximum absolute atomic E-state index is 13.2. The van der Waals surface area contributed by atoms with E-state index in [0.29, 0.717) is 35.6 Å². The SMILES string of the molecule is Cc1c(NC(=O)c2ccc3c(c2)NCCO3)cccc1-c1ncnc2[nH]c(-c3ccc(C(=O)N4CCNCC4)cc3)cc12. The Kier molecular flexibility index (Phi) is 6.96. The number of piperazine rings is 1. The van der Waals surface area contributed by atoms with Crippen LogP contribution in [0.25, 0.3) is 33.5 Å². The fourth-order valence-corrected chi connectivity index (χ4v) is 5.66. The molecule has 0 aliphatic carbocycles. The Balaban J connectivity index is 1.15. The topological polar surface area (TPSA) is 124 Å². The normalized spacial score (nSPS) is 14.5. The Hall–Kier alpha value is -5.22. The first-order valence-electron chi connectivity index (χ1n) is 14.4. The van der Waals surface area contributed by atoms with Crippen molar-refractivity contribution < 1.29 is 14.3 Å². The highest BCUT2D eigenvalue weighted by Gasteiger charge is 2.20. The van der Waals surface area contributed by atoms with Crippen LogP contribution in [0.15, 0.2) is 73.1 Å². The largest absolute Gasteiger partial charge is 0.490 e. The fourth-order valence-electron chi connectivity index (χ4n) is 5.66. The maximum Gasteiger partial charge on any atom is 0.255 e. The van der Waals surface area contributed by atoms with E-state index in [4.69, 9.17) is 4.74 Å². The molecule has 0 bridgehead atoms. The van der Waals surface area contributed by atoms with Gasteiger partial charge in [0.2, 0.25) is 0 Å². The van der Waals surface area contributed by atoms with Gasteiger partial charge in [-0.15, -0.1) is 0 Å². The summed E-state index contributed by atoms with van der Waals surface area (Å²) in [6.07, 6.45) is 1.54. The summed E-state index contributed by atoms with van der Waals surface area (Å²) in [6.45, 7) is 6.36. The first-order valence-corrected chi connectivity index (χ1v) is 14.4. The van der Waals surface area contributed by atoms with Crippen molar-refractivity contribution in [1.82, 2.24) is 25.2 Å². The number of hydrogen-bond donors (Lipinski definition) is 4. The quantitative estimate of drug-likeness (QED) is 0.240. The van der Waals surface area contributed by atoms with Crippen molar-refractivity contribution in [3.63, 3.8) is 0 Å². The molecule has 5 aromatic rings. The Morgan fingerprint density at radius 2 is 1.74 bits per heavy atom. The molecule has 0 spiro atoms. The Morgan fingerprint density at radius 1 is 0.930 bits per heavy atom. The number of anilines is 2. The molecule has 2 aromatic heterocycles. The molecule has 7 rings (SSSR count). The van der Waals surface area contributed by atoms with E-state index in [0.717, 1.165) is 71.1 Å². The van der Waals surface area contributed by atoms with Gasteiger partial charge in [0.05, 0.1) is 11.4 Å². The van der Waals surface area contributed by atoms with Crippen LogP contribution in [0.1, 0.15) is 26.3 Å². The first-order chi connectivity index (χ1) is 21.0. The van der Waals surface area contributed by atoms with Gasteiger partial charge >= 0.3 is 0 Å². The van der Waals surface area contributed by atoms with Gasteiger partial charge in [-0.3, -0.25) is 9.59 Å². The van der Waals surface area contributed by atoms with Crippen LogP contribution < -0.4 is 20.7 Å². The van der Waals surface area contributed by atoms with E-state index < -0.39 is 0 Å². The minimum atomic E-state index is -0.203. The number of ether oxygens (including phenoxy) is 1. The third kappa shape index (κ3) is 5.17. The molecule has 2 aliphatic rings. The average Bonchev–Trinajstić information content (AvgIpc) is 3.50. The molecule has 216 valence electrons. The molecule has 10 heteroatoms. The standard InChI is InChI=1S/C33H31N7O3/c1-20-24(3-2-4-26(20)39-32(41)23-9-10-29-28(17-23)35-13-16-43-29)30-25-18-27(38-31(25)37-19-36-30)21-5-7-22(8-6-21)33(42)40-14-11-34-12-15-40/h2-10,17-19,34-35H,11-16H2,1H3,(H,39,41)(H,36,37,38). The molecule has 1 saturated heterocycles. The third-order valence-electron chi connectivity index (χ3n) is 8.03. The zero-order chi connectivity index (χ0) is 29.3. The highest BCUT2D eigenvalue weighted by molar-refractivity contribution is 6.06. The van der Waals surface area contributed by atoms with Gasteiger partial charge in [-0.05, 0) is 60.5 Å². The second kappa shape index (κ2) is 11.2. The van der Waals surface area contributed by atoms with Gasteiger partial charge in [0.15, 0.2) is 0 Å². The number of amides is 2. The van der Waals surface area contributed by atoms with Crippen molar-refractivity contribution in [2.45, 2.75) is 6.92 Å². The van der Waals surface area contributed by atoms with E-state index in [2.05, 4.69) is 30.9 Å². The Labute approximate surface area is 248 Å². The van der Waals surface area contributed by atoms with Crippen molar-refractivity contribution in [2.75, 3.05) is 50.0 Å². The van der Waals surface area contributed by atoms with E-state index in [1.54, 1.807) is 12.4 Å². The number of aromatic amines is 1. The number of carbonyl (C=O) groups is 2. The van der Waals surface area contributed by atoms with Crippen LogP contribution in [0.3, 0.4) is 0 Å². The second-order valence-electron chi connectivity index (χ2n) is 10.7. The second-order valence-corrected chi connectivity index (χ2v) is 10.7. The number of hydrogen-bond acceptors (Lipinski definition) is 7. The Morgan fingerprint density at radius 3 is 2.58 bits per heavy atom. The molecule has 43 heavy (non-hydrogen) atoms. The maximum atomic E-state index is 13.2. The van der Waals surface area contributed by atoms with Gasteiger partial charge in [0, 0.05) is 66.2 Å². The first kappa shape index (κ1) is 26.7. The van der Waals surface area contributed by atoms with Crippen molar-refractivity contribution in [3.8, 4) is 28.3 Å². The lowest BCUT2D eigenvalue weighted by molar-refractivity contribution is 0.0735. The summed E-state index contributed by atoms with van der Waals surface area (Å²) >= 11 is 0. The molecule has 3 aromatic carbocycles. The van der Waals surface area contributed by atoms with Gasteiger partial charge < -0.3 is 30.6 Å². The number of nitrogens with one attached hydrogen (secondary N) is 4. The van der Waals surface area contributed by atoms with Gasteiger partial charge in [0.25, 0.3) is 11.8 Å². The van der Waals surface area contributed by atoms with Crippen LogP contribution in [-0.4, -0.2) is 71.0 Å². The van der Waals surface area contributed by atoms with Gasteiger partial charge in [-0.25, -0.2) is 9.97 Å². The fraction of sp³-hybridized carbons (Fsp3) is 0.212. The van der Waals surface area contributed by atoms with Crippen molar-refractivity contribution >= 4 is 34.2 Å². The molecule has 4 heterocycles. The smallest absolute Gasteiger partial charge is 0.255 e. The van der Waals surface area contributed by atoms with E-state index in [9.17, 15) is 9.59 Å². The molecule has 2 amide bonds. The molecule has 0 unspecified atom stereocenters. The zero-order valence-corrected chi connectivity index (χ0v) is 23.7. The number of benzene rings is 3. The van der Waals surface area contributed by atoms with Crippen LogP contribution in [0.5, 0.6) is 5.75 Å². The summed E-state index contributed by atoms with van der Waals surface area (Å²) < 4.78 is 5.64. The minimum absolute atomic E-state index is 0.0533. The molecular formula is C33H31N7O3. The van der Waals surface area contributed by atoms with E-state index in [1.807, 2.05) is 72.5 Å². The minimum Gasteiger partial charge on any atom is -0.490 e. The third-order valence-corrected chi connectivity index (χ3v) is 8.03. The van der Waals surface area contributed by atoms with Gasteiger partial charge in [-0.1, -0.05) is 24.3 Å². The van der Waals surface area contributed by atoms with Gasteiger partial charge in [-0.2, -0.15) is 0 Å².